The molecule has 0 bridgehead atoms. The lowest BCUT2D eigenvalue weighted by molar-refractivity contribution is 0.125. The Balaban J connectivity index is 2.27. The third-order valence-electron chi connectivity index (χ3n) is 2.90. The minimum atomic E-state index is -0.610. The van der Waals surface area contributed by atoms with Crippen LogP contribution in [0.2, 0.25) is 0 Å². The van der Waals surface area contributed by atoms with E-state index in [1.54, 1.807) is 0 Å². The van der Waals surface area contributed by atoms with Crippen LogP contribution < -0.4 is 0 Å². The number of nitrogens with zero attached hydrogens (tertiary/aromatic N) is 1. The van der Waals surface area contributed by atoms with Gasteiger partial charge in [0.2, 0.25) is 0 Å². The number of aromatic nitrogens is 1. The van der Waals surface area contributed by atoms with Gasteiger partial charge in [-0.15, -0.1) is 0 Å². The van der Waals surface area contributed by atoms with Crippen molar-refractivity contribution < 1.29 is 5.11 Å². The van der Waals surface area contributed by atoms with Crippen LogP contribution in [0.25, 0.3) is 0 Å². The Bertz CT molecular complexity index is 324. The lowest BCUT2D eigenvalue weighted by atomic mass is 10.1. The first-order valence-electron chi connectivity index (χ1n) is 4.83. The largest absolute Gasteiger partial charge is 0.383 e. The molecule has 0 saturated heterocycles. The molecule has 0 aliphatic heterocycles. The van der Waals surface area contributed by atoms with Gasteiger partial charge in [0.05, 0.1) is 5.69 Å². The second-order valence-electron chi connectivity index (χ2n) is 3.90. The molecule has 1 N–H and O–H groups in total. The molecule has 1 saturated carbocycles. The number of aliphatic hydroxyl groups is 1. The molecule has 2 heteroatoms. The highest BCUT2D eigenvalue weighted by Gasteiger charge is 2.53. The van der Waals surface area contributed by atoms with Crippen LogP contribution in [0.3, 0.4) is 0 Å². The number of hydrogen-bond acceptors (Lipinski definition) is 2. The first-order chi connectivity index (χ1) is 6.16. The van der Waals surface area contributed by atoms with Crippen LogP contribution in [0.15, 0.2) is 18.2 Å². The molecule has 2 nitrogen and oxygen atoms in total. The molecule has 13 heavy (non-hydrogen) atoms. The van der Waals surface area contributed by atoms with Crippen molar-refractivity contribution in [3.05, 3.63) is 29.6 Å². The second-order valence-corrected chi connectivity index (χ2v) is 3.90. The highest BCUT2D eigenvalue weighted by atomic mass is 16.3. The quantitative estimate of drug-likeness (QED) is 0.749. The summed E-state index contributed by atoms with van der Waals surface area (Å²) in [6, 6.07) is 5.83. The van der Waals surface area contributed by atoms with Gasteiger partial charge >= 0.3 is 0 Å². The Labute approximate surface area is 78.6 Å². The molecule has 0 aromatic carbocycles. The fraction of sp³-hybridized carbons (Fsp3) is 0.545. The molecule has 0 amide bonds. The molecule has 2 atom stereocenters. The maximum Gasteiger partial charge on any atom is 0.110 e. The molecule has 2 rings (SSSR count). The summed E-state index contributed by atoms with van der Waals surface area (Å²) in [6.45, 7) is 4.06. The Morgan fingerprint density at radius 3 is 2.92 bits per heavy atom. The van der Waals surface area contributed by atoms with Crippen molar-refractivity contribution in [3.8, 4) is 0 Å². The molecule has 1 aromatic heterocycles. The van der Waals surface area contributed by atoms with E-state index in [0.29, 0.717) is 5.92 Å². The lowest BCUT2D eigenvalue weighted by Crippen LogP contribution is -2.11. The predicted octanol–water partition coefficient (Wildman–Crippen LogP) is 2.01. The van der Waals surface area contributed by atoms with Crippen molar-refractivity contribution in [2.45, 2.75) is 32.3 Å². The van der Waals surface area contributed by atoms with Crippen LogP contribution in [0.1, 0.15) is 31.2 Å². The summed E-state index contributed by atoms with van der Waals surface area (Å²) in [7, 11) is 0. The molecular weight excluding hydrogens is 162 g/mol. The standard InChI is InChI=1S/C11H15NO/c1-3-9-7-11(9,13)10-6-4-5-8(2)12-10/h4-6,9,13H,3,7H2,1-2H3. The van der Waals surface area contributed by atoms with E-state index in [9.17, 15) is 5.11 Å². The van der Waals surface area contributed by atoms with Crippen molar-refractivity contribution in [1.29, 1.82) is 0 Å². The monoisotopic (exact) mass is 177 g/mol. The topological polar surface area (TPSA) is 33.1 Å². The Hall–Kier alpha value is -0.890. The van der Waals surface area contributed by atoms with Gasteiger partial charge in [-0.1, -0.05) is 19.4 Å². The van der Waals surface area contributed by atoms with E-state index in [-0.39, 0.29) is 0 Å². The maximum absolute atomic E-state index is 10.1. The summed E-state index contributed by atoms with van der Waals surface area (Å²) in [4.78, 5) is 4.36. The van der Waals surface area contributed by atoms with Gasteiger partial charge < -0.3 is 5.11 Å². The number of rotatable bonds is 2. The van der Waals surface area contributed by atoms with Crippen LogP contribution in [0, 0.1) is 12.8 Å². The van der Waals surface area contributed by atoms with Gasteiger partial charge in [-0.2, -0.15) is 0 Å². The summed E-state index contributed by atoms with van der Waals surface area (Å²) >= 11 is 0. The molecule has 70 valence electrons. The summed E-state index contributed by atoms with van der Waals surface area (Å²) < 4.78 is 0. The number of aryl methyl sites for hydroxylation is 1. The van der Waals surface area contributed by atoms with Crippen LogP contribution in [0.5, 0.6) is 0 Å². The van der Waals surface area contributed by atoms with E-state index in [4.69, 9.17) is 0 Å². The average molecular weight is 177 g/mol. The summed E-state index contributed by atoms with van der Waals surface area (Å²) in [5.74, 6) is 0.418. The van der Waals surface area contributed by atoms with Crippen molar-refractivity contribution in [1.82, 2.24) is 4.98 Å². The van der Waals surface area contributed by atoms with Crippen molar-refractivity contribution in [2.75, 3.05) is 0 Å². The van der Waals surface area contributed by atoms with E-state index < -0.39 is 5.60 Å². The highest BCUT2D eigenvalue weighted by Crippen LogP contribution is 2.52. The molecule has 1 heterocycles. The number of hydrogen-bond donors (Lipinski definition) is 1. The molecule has 0 radical (unpaired) electrons. The molecule has 0 spiro atoms. The molecule has 1 fully saturated rings. The van der Waals surface area contributed by atoms with Crippen LogP contribution >= 0.6 is 0 Å². The normalized spacial score (nSPS) is 31.8. The van der Waals surface area contributed by atoms with E-state index in [2.05, 4.69) is 11.9 Å². The average Bonchev–Trinajstić information content (AvgIpc) is 2.79. The highest BCUT2D eigenvalue weighted by molar-refractivity contribution is 5.24. The Kier molecular flexibility index (Phi) is 1.88. The molecular formula is C11H15NO. The summed E-state index contributed by atoms with van der Waals surface area (Å²) in [5.41, 5.74) is 1.22. The van der Waals surface area contributed by atoms with E-state index in [1.165, 1.54) is 0 Å². The van der Waals surface area contributed by atoms with E-state index in [1.807, 2.05) is 25.1 Å². The van der Waals surface area contributed by atoms with Gasteiger partial charge in [-0.05, 0) is 31.4 Å². The number of pyridine rings is 1. The molecule has 2 unspecified atom stereocenters. The Morgan fingerprint density at radius 1 is 1.62 bits per heavy atom. The second kappa shape index (κ2) is 2.81. The van der Waals surface area contributed by atoms with Crippen molar-refractivity contribution >= 4 is 0 Å². The minimum Gasteiger partial charge on any atom is -0.383 e. The molecule has 1 aliphatic carbocycles. The predicted molar refractivity (Wildman–Crippen MR) is 51.3 cm³/mol. The zero-order valence-corrected chi connectivity index (χ0v) is 8.12. The van der Waals surface area contributed by atoms with Crippen molar-refractivity contribution in [3.63, 3.8) is 0 Å². The zero-order valence-electron chi connectivity index (χ0n) is 8.12. The Morgan fingerprint density at radius 2 is 2.38 bits per heavy atom. The fourth-order valence-corrected chi connectivity index (χ4v) is 1.90. The zero-order chi connectivity index (χ0) is 9.47. The van der Waals surface area contributed by atoms with Gasteiger partial charge in [0.1, 0.15) is 5.60 Å². The van der Waals surface area contributed by atoms with Crippen LogP contribution in [-0.4, -0.2) is 10.1 Å². The first-order valence-corrected chi connectivity index (χ1v) is 4.83. The van der Waals surface area contributed by atoms with E-state index in [0.717, 1.165) is 24.2 Å². The van der Waals surface area contributed by atoms with Crippen LogP contribution in [-0.2, 0) is 5.60 Å². The van der Waals surface area contributed by atoms with Gasteiger partial charge in [-0.25, -0.2) is 0 Å². The van der Waals surface area contributed by atoms with Crippen molar-refractivity contribution in [2.24, 2.45) is 5.92 Å². The minimum absolute atomic E-state index is 0.418. The third-order valence-corrected chi connectivity index (χ3v) is 2.90. The fourth-order valence-electron chi connectivity index (χ4n) is 1.90. The lowest BCUT2D eigenvalue weighted by Gasteiger charge is -2.09. The third kappa shape index (κ3) is 1.35. The first kappa shape index (κ1) is 8.70. The maximum atomic E-state index is 10.1. The smallest absolute Gasteiger partial charge is 0.110 e. The SMILES string of the molecule is CCC1CC1(O)c1cccc(C)n1. The summed E-state index contributed by atoms with van der Waals surface area (Å²) in [5, 5.41) is 10.1. The summed E-state index contributed by atoms with van der Waals surface area (Å²) in [6.07, 6.45) is 1.91. The molecule has 1 aromatic rings. The van der Waals surface area contributed by atoms with Gasteiger partial charge in [0.15, 0.2) is 0 Å². The van der Waals surface area contributed by atoms with E-state index >= 15 is 0 Å². The van der Waals surface area contributed by atoms with Gasteiger partial charge in [0, 0.05) is 5.69 Å². The van der Waals surface area contributed by atoms with Crippen LogP contribution in [0.4, 0.5) is 0 Å². The molecule has 1 aliphatic rings. The van der Waals surface area contributed by atoms with Gasteiger partial charge in [-0.3, -0.25) is 4.98 Å². The van der Waals surface area contributed by atoms with Gasteiger partial charge in [0.25, 0.3) is 0 Å².